The molecule has 1 saturated heterocycles. The summed E-state index contributed by atoms with van der Waals surface area (Å²) in [5.41, 5.74) is 0.163. The van der Waals surface area contributed by atoms with E-state index in [-0.39, 0.29) is 24.6 Å². The number of amides is 1. The molecule has 0 N–H and O–H groups in total. The molecule has 0 radical (unpaired) electrons. The summed E-state index contributed by atoms with van der Waals surface area (Å²) in [5, 5.41) is 1.10. The first-order valence-corrected chi connectivity index (χ1v) is 10.6. The van der Waals surface area contributed by atoms with Crippen LogP contribution in [0.2, 0.25) is 5.02 Å². The number of benzene rings is 1. The van der Waals surface area contributed by atoms with Gasteiger partial charge in [0, 0.05) is 42.1 Å². The van der Waals surface area contributed by atoms with E-state index in [1.807, 2.05) is 0 Å². The van der Waals surface area contributed by atoms with Crippen molar-refractivity contribution in [2.24, 2.45) is 5.92 Å². The summed E-state index contributed by atoms with van der Waals surface area (Å²) in [4.78, 5) is 46.8. The van der Waals surface area contributed by atoms with Crippen LogP contribution in [0.4, 0.5) is 5.69 Å². The highest BCUT2D eigenvalue weighted by molar-refractivity contribution is 7.98. The number of aromatic nitrogens is 2. The Hall–Kier alpha value is -3.17. The number of halogens is 1. The standard InChI is InChI=1S/C21H16ClN3O5S/c22-14-2-4-15(5-3-14)25-10-13(8-19(25)27)20(28)30-18-11-29-16(9-17(18)26)12-31-21-23-6-1-7-24-21/h1-7,9,11,13H,8,10,12H2/t13-/m1/s1. The first kappa shape index (κ1) is 21.1. The van der Waals surface area contributed by atoms with E-state index < -0.39 is 17.3 Å². The molecule has 4 rings (SSSR count). The molecule has 1 aliphatic rings. The van der Waals surface area contributed by atoms with E-state index in [0.717, 1.165) is 6.26 Å². The summed E-state index contributed by atoms with van der Waals surface area (Å²) < 4.78 is 10.6. The molecule has 31 heavy (non-hydrogen) atoms. The van der Waals surface area contributed by atoms with Crippen LogP contribution in [0.5, 0.6) is 5.75 Å². The van der Waals surface area contributed by atoms with Crippen LogP contribution < -0.4 is 15.1 Å². The molecule has 2 aromatic heterocycles. The third-order valence-electron chi connectivity index (χ3n) is 4.55. The average Bonchev–Trinajstić information content (AvgIpc) is 3.17. The molecule has 0 unspecified atom stereocenters. The SMILES string of the molecule is O=C(Oc1coc(CSc2ncccn2)cc1=O)[C@@H]1CC(=O)N(c2ccc(Cl)cc2)C1. The van der Waals surface area contributed by atoms with Gasteiger partial charge in [0.1, 0.15) is 12.0 Å². The largest absolute Gasteiger partial charge is 0.464 e. The van der Waals surface area contributed by atoms with Gasteiger partial charge < -0.3 is 14.1 Å². The molecule has 8 nitrogen and oxygen atoms in total. The van der Waals surface area contributed by atoms with Crippen molar-refractivity contribution in [3.05, 3.63) is 76.1 Å². The lowest BCUT2D eigenvalue weighted by atomic mass is 10.1. The van der Waals surface area contributed by atoms with Gasteiger partial charge in [-0.3, -0.25) is 14.4 Å². The Kier molecular flexibility index (Phi) is 6.34. The number of ether oxygens (including phenoxy) is 1. The second-order valence-electron chi connectivity index (χ2n) is 6.70. The van der Waals surface area contributed by atoms with Gasteiger partial charge in [-0.05, 0) is 30.3 Å². The lowest BCUT2D eigenvalue weighted by Gasteiger charge is -2.16. The van der Waals surface area contributed by atoms with Crippen LogP contribution in [-0.4, -0.2) is 28.4 Å². The molecule has 1 fully saturated rings. The van der Waals surface area contributed by atoms with Gasteiger partial charge in [0.05, 0.1) is 11.7 Å². The quantitative estimate of drug-likeness (QED) is 0.315. The number of nitrogens with zero attached hydrogens (tertiary/aromatic N) is 3. The molecule has 10 heteroatoms. The fourth-order valence-electron chi connectivity index (χ4n) is 3.01. The maximum atomic E-state index is 12.5. The van der Waals surface area contributed by atoms with Crippen molar-refractivity contribution in [3.63, 3.8) is 0 Å². The van der Waals surface area contributed by atoms with E-state index in [1.165, 1.54) is 22.7 Å². The molecule has 1 amide bonds. The van der Waals surface area contributed by atoms with Crippen LogP contribution in [0.15, 0.2) is 69.4 Å². The molecular weight excluding hydrogens is 442 g/mol. The number of rotatable bonds is 6. The lowest BCUT2D eigenvalue weighted by molar-refractivity contribution is -0.139. The van der Waals surface area contributed by atoms with Crippen molar-refractivity contribution in [2.75, 3.05) is 11.4 Å². The minimum atomic E-state index is -0.687. The van der Waals surface area contributed by atoms with Crippen molar-refractivity contribution in [1.82, 2.24) is 9.97 Å². The second kappa shape index (κ2) is 9.32. The predicted molar refractivity (Wildman–Crippen MR) is 114 cm³/mol. The van der Waals surface area contributed by atoms with E-state index in [9.17, 15) is 14.4 Å². The molecular formula is C21H16ClN3O5S. The number of hydrogen-bond donors (Lipinski definition) is 0. The van der Waals surface area contributed by atoms with Gasteiger partial charge >= 0.3 is 5.97 Å². The van der Waals surface area contributed by atoms with Crippen LogP contribution in [-0.2, 0) is 15.3 Å². The summed E-state index contributed by atoms with van der Waals surface area (Å²) in [7, 11) is 0. The number of hydrogen-bond acceptors (Lipinski definition) is 8. The molecule has 3 heterocycles. The van der Waals surface area contributed by atoms with Crippen molar-refractivity contribution >= 4 is 40.9 Å². The zero-order chi connectivity index (χ0) is 21.8. The highest BCUT2D eigenvalue weighted by Gasteiger charge is 2.36. The van der Waals surface area contributed by atoms with E-state index in [2.05, 4.69) is 9.97 Å². The Morgan fingerprint density at radius 1 is 1.23 bits per heavy atom. The van der Waals surface area contributed by atoms with Crippen molar-refractivity contribution in [1.29, 1.82) is 0 Å². The molecule has 0 bridgehead atoms. The number of carbonyl (C=O) groups is 2. The van der Waals surface area contributed by atoms with Gasteiger partial charge in [-0.25, -0.2) is 9.97 Å². The van der Waals surface area contributed by atoms with Gasteiger partial charge in [-0.15, -0.1) is 0 Å². The second-order valence-corrected chi connectivity index (χ2v) is 8.08. The predicted octanol–water partition coefficient (Wildman–Crippen LogP) is 3.33. The van der Waals surface area contributed by atoms with Crippen LogP contribution in [0.1, 0.15) is 12.2 Å². The molecule has 1 aromatic carbocycles. The van der Waals surface area contributed by atoms with E-state index >= 15 is 0 Å². The van der Waals surface area contributed by atoms with Gasteiger partial charge in [-0.1, -0.05) is 23.4 Å². The Balaban J connectivity index is 1.37. The smallest absolute Gasteiger partial charge is 0.316 e. The normalized spacial score (nSPS) is 15.8. The Morgan fingerprint density at radius 2 is 1.97 bits per heavy atom. The third-order valence-corrected chi connectivity index (χ3v) is 5.69. The number of anilines is 1. The van der Waals surface area contributed by atoms with Crippen molar-refractivity contribution in [2.45, 2.75) is 17.3 Å². The van der Waals surface area contributed by atoms with Gasteiger partial charge in [-0.2, -0.15) is 0 Å². The molecule has 158 valence electrons. The van der Waals surface area contributed by atoms with Crippen molar-refractivity contribution < 1.29 is 18.7 Å². The fraction of sp³-hybridized carbons (Fsp3) is 0.190. The summed E-state index contributed by atoms with van der Waals surface area (Å²) in [6.07, 6.45) is 4.35. The Bertz CT molecular complexity index is 1150. The van der Waals surface area contributed by atoms with Crippen molar-refractivity contribution in [3.8, 4) is 5.75 Å². The summed E-state index contributed by atoms with van der Waals surface area (Å²) in [6.45, 7) is 0.163. The van der Waals surface area contributed by atoms with Gasteiger partial charge in [0.2, 0.25) is 17.1 Å². The molecule has 3 aromatic rings. The lowest BCUT2D eigenvalue weighted by Crippen LogP contribution is -2.28. The zero-order valence-electron chi connectivity index (χ0n) is 16.1. The highest BCUT2D eigenvalue weighted by atomic mass is 35.5. The molecule has 1 atom stereocenters. The monoisotopic (exact) mass is 457 g/mol. The maximum absolute atomic E-state index is 12.5. The number of thioether (sulfide) groups is 1. The molecule has 1 aliphatic heterocycles. The minimum Gasteiger partial charge on any atom is -0.464 e. The topological polar surface area (TPSA) is 103 Å². The van der Waals surface area contributed by atoms with Gasteiger partial charge in [0.15, 0.2) is 5.16 Å². The van der Waals surface area contributed by atoms with E-state index in [0.29, 0.717) is 27.4 Å². The summed E-state index contributed by atoms with van der Waals surface area (Å²) in [5.74, 6) is -1.02. The summed E-state index contributed by atoms with van der Waals surface area (Å²) >= 11 is 7.19. The van der Waals surface area contributed by atoms with Crippen LogP contribution in [0.3, 0.4) is 0 Å². The van der Waals surface area contributed by atoms with E-state index in [1.54, 1.807) is 42.7 Å². The zero-order valence-corrected chi connectivity index (χ0v) is 17.6. The number of esters is 1. The number of carbonyl (C=O) groups excluding carboxylic acids is 2. The fourth-order valence-corrected chi connectivity index (χ4v) is 3.83. The Morgan fingerprint density at radius 3 is 2.68 bits per heavy atom. The van der Waals surface area contributed by atoms with Crippen LogP contribution in [0.25, 0.3) is 0 Å². The van der Waals surface area contributed by atoms with Crippen LogP contribution in [0, 0.1) is 5.92 Å². The first-order valence-electron chi connectivity index (χ1n) is 9.29. The highest BCUT2D eigenvalue weighted by Crippen LogP contribution is 2.27. The maximum Gasteiger partial charge on any atom is 0.316 e. The summed E-state index contributed by atoms with van der Waals surface area (Å²) in [6, 6.07) is 9.73. The third kappa shape index (κ3) is 5.12. The molecule has 0 saturated carbocycles. The van der Waals surface area contributed by atoms with E-state index in [4.69, 9.17) is 20.8 Å². The first-order chi connectivity index (χ1) is 15.0. The Labute approximate surface area is 186 Å². The molecule has 0 spiro atoms. The van der Waals surface area contributed by atoms with Crippen LogP contribution >= 0.6 is 23.4 Å². The van der Waals surface area contributed by atoms with Gasteiger partial charge in [0.25, 0.3) is 0 Å². The molecule has 0 aliphatic carbocycles. The average molecular weight is 458 g/mol. The minimum absolute atomic E-state index is 0.00140.